The number of carbonyl (C=O) groups is 1. The van der Waals surface area contributed by atoms with E-state index in [1.54, 1.807) is 7.05 Å². The maximum Gasteiger partial charge on any atom is 0.265 e. The van der Waals surface area contributed by atoms with E-state index in [0.29, 0.717) is 22.4 Å². The number of benzene rings is 2. The number of likely N-dealkylation sites (N-methyl/N-ethyl adjacent to an activating group) is 1. The van der Waals surface area contributed by atoms with Crippen molar-refractivity contribution >= 4 is 40.3 Å². The van der Waals surface area contributed by atoms with E-state index in [9.17, 15) is 4.79 Å². The fourth-order valence-corrected chi connectivity index (χ4v) is 3.57. The highest BCUT2D eigenvalue weighted by atomic mass is 32.2. The van der Waals surface area contributed by atoms with Crippen LogP contribution in [0.4, 0.5) is 0 Å². The van der Waals surface area contributed by atoms with Crippen LogP contribution >= 0.6 is 24.0 Å². The van der Waals surface area contributed by atoms with E-state index in [4.69, 9.17) is 21.7 Å². The zero-order valence-corrected chi connectivity index (χ0v) is 16.2. The zero-order valence-electron chi connectivity index (χ0n) is 14.6. The molecular formula is C20H19NO3S2. The summed E-state index contributed by atoms with van der Waals surface area (Å²) in [5.74, 6) is 1.58. The molecule has 0 radical (unpaired) electrons. The van der Waals surface area contributed by atoms with Crippen molar-refractivity contribution in [1.29, 1.82) is 0 Å². The molecule has 0 spiro atoms. The highest BCUT2D eigenvalue weighted by Gasteiger charge is 2.28. The minimum absolute atomic E-state index is 0.0614. The Labute approximate surface area is 162 Å². The number of aryl methyl sites for hydroxylation is 1. The van der Waals surface area contributed by atoms with Crippen LogP contribution in [-0.2, 0) is 4.79 Å². The Morgan fingerprint density at radius 2 is 1.77 bits per heavy atom. The lowest BCUT2D eigenvalue weighted by Crippen LogP contribution is -2.22. The number of hydrogen-bond acceptors (Lipinski definition) is 5. The van der Waals surface area contributed by atoms with Crippen molar-refractivity contribution in [2.75, 3.05) is 20.3 Å². The molecule has 3 rings (SSSR count). The molecule has 1 aliphatic rings. The van der Waals surface area contributed by atoms with E-state index in [0.717, 1.165) is 22.6 Å². The van der Waals surface area contributed by atoms with Crippen LogP contribution in [0.3, 0.4) is 0 Å². The molecule has 4 nitrogen and oxygen atoms in total. The quantitative estimate of drug-likeness (QED) is 0.421. The van der Waals surface area contributed by atoms with E-state index < -0.39 is 0 Å². The first kappa shape index (κ1) is 18.5. The molecule has 1 aliphatic heterocycles. The van der Waals surface area contributed by atoms with Crippen molar-refractivity contribution in [2.45, 2.75) is 6.92 Å². The first-order valence-corrected chi connectivity index (χ1v) is 9.40. The van der Waals surface area contributed by atoms with Crippen LogP contribution in [0.2, 0.25) is 0 Å². The number of amides is 1. The fraction of sp³-hybridized carbons (Fsp3) is 0.200. The highest BCUT2D eigenvalue weighted by molar-refractivity contribution is 8.26. The van der Waals surface area contributed by atoms with Gasteiger partial charge in [-0.05, 0) is 42.3 Å². The van der Waals surface area contributed by atoms with Gasteiger partial charge in [0.25, 0.3) is 5.91 Å². The van der Waals surface area contributed by atoms with Gasteiger partial charge in [-0.3, -0.25) is 9.69 Å². The third kappa shape index (κ3) is 4.45. The first-order valence-electron chi connectivity index (χ1n) is 8.17. The minimum atomic E-state index is -0.0614. The molecular weight excluding hydrogens is 366 g/mol. The Bertz CT molecular complexity index is 846. The third-order valence-electron chi connectivity index (χ3n) is 3.87. The molecule has 0 aliphatic carbocycles. The van der Waals surface area contributed by atoms with Crippen molar-refractivity contribution in [2.24, 2.45) is 0 Å². The van der Waals surface area contributed by atoms with Gasteiger partial charge < -0.3 is 9.47 Å². The molecule has 134 valence electrons. The maximum absolute atomic E-state index is 12.0. The molecule has 0 atom stereocenters. The average Bonchev–Trinajstić information content (AvgIpc) is 2.88. The Kier molecular flexibility index (Phi) is 5.96. The summed E-state index contributed by atoms with van der Waals surface area (Å²) >= 11 is 6.45. The predicted molar refractivity (Wildman–Crippen MR) is 110 cm³/mol. The molecule has 1 heterocycles. The summed E-state index contributed by atoms with van der Waals surface area (Å²) in [4.78, 5) is 14.1. The molecule has 1 fully saturated rings. The summed E-state index contributed by atoms with van der Waals surface area (Å²) in [6, 6.07) is 15.5. The normalized spacial score (nSPS) is 15.6. The molecule has 0 saturated carbocycles. The van der Waals surface area contributed by atoms with E-state index in [2.05, 4.69) is 0 Å². The molecule has 26 heavy (non-hydrogen) atoms. The number of thioether (sulfide) groups is 1. The van der Waals surface area contributed by atoms with Crippen molar-refractivity contribution in [3.8, 4) is 11.5 Å². The lowest BCUT2D eigenvalue weighted by atomic mass is 10.2. The standard InChI is InChI=1S/C20H19NO3S2/c1-14-5-3-4-6-17(14)24-12-11-23-16-9-7-15(8-10-16)13-18-19(22)21(2)20(25)26-18/h3-10,13H,11-12H2,1-2H3/b18-13+. The van der Waals surface area contributed by atoms with Crippen LogP contribution in [0.5, 0.6) is 11.5 Å². The second kappa shape index (κ2) is 8.38. The number of thiocarbonyl (C=S) groups is 1. The summed E-state index contributed by atoms with van der Waals surface area (Å²) in [5, 5.41) is 0. The largest absolute Gasteiger partial charge is 0.490 e. The summed E-state index contributed by atoms with van der Waals surface area (Å²) in [6.45, 7) is 2.95. The monoisotopic (exact) mass is 385 g/mol. The smallest absolute Gasteiger partial charge is 0.265 e. The van der Waals surface area contributed by atoms with Gasteiger partial charge in [-0.2, -0.15) is 0 Å². The average molecular weight is 386 g/mol. The third-order valence-corrected chi connectivity index (χ3v) is 5.35. The number of ether oxygens (including phenoxy) is 2. The number of nitrogens with zero attached hydrogens (tertiary/aromatic N) is 1. The number of para-hydroxylation sites is 1. The van der Waals surface area contributed by atoms with Crippen molar-refractivity contribution in [3.63, 3.8) is 0 Å². The van der Waals surface area contributed by atoms with E-state index in [1.165, 1.54) is 16.7 Å². The summed E-state index contributed by atoms with van der Waals surface area (Å²) in [5.41, 5.74) is 2.04. The van der Waals surface area contributed by atoms with E-state index >= 15 is 0 Å². The first-order chi connectivity index (χ1) is 12.5. The maximum atomic E-state index is 12.0. The zero-order chi connectivity index (χ0) is 18.5. The van der Waals surface area contributed by atoms with Gasteiger partial charge in [0.2, 0.25) is 0 Å². The van der Waals surface area contributed by atoms with Crippen molar-refractivity contribution in [3.05, 3.63) is 64.6 Å². The Morgan fingerprint density at radius 1 is 1.08 bits per heavy atom. The molecule has 6 heteroatoms. The number of rotatable bonds is 6. The fourth-order valence-electron chi connectivity index (χ4n) is 2.39. The molecule has 0 bridgehead atoms. The van der Waals surface area contributed by atoms with Crippen molar-refractivity contribution in [1.82, 2.24) is 4.90 Å². The highest BCUT2D eigenvalue weighted by Crippen LogP contribution is 2.31. The molecule has 2 aromatic carbocycles. The van der Waals surface area contributed by atoms with Crippen LogP contribution in [0.15, 0.2) is 53.4 Å². The number of carbonyl (C=O) groups excluding carboxylic acids is 1. The predicted octanol–water partition coefficient (Wildman–Crippen LogP) is 4.28. The lowest BCUT2D eigenvalue weighted by molar-refractivity contribution is -0.121. The molecule has 2 aromatic rings. The molecule has 1 saturated heterocycles. The van der Waals surface area contributed by atoms with Gasteiger partial charge in [-0.1, -0.05) is 54.3 Å². The van der Waals surface area contributed by atoms with E-state index in [1.807, 2.05) is 61.5 Å². The van der Waals surface area contributed by atoms with Crippen LogP contribution in [0.1, 0.15) is 11.1 Å². The topological polar surface area (TPSA) is 38.8 Å². The van der Waals surface area contributed by atoms with E-state index in [-0.39, 0.29) is 5.91 Å². The van der Waals surface area contributed by atoms with Gasteiger partial charge in [0.15, 0.2) is 0 Å². The van der Waals surface area contributed by atoms with Crippen molar-refractivity contribution < 1.29 is 14.3 Å². The number of hydrogen-bond donors (Lipinski definition) is 0. The van der Waals surface area contributed by atoms with Crippen LogP contribution in [0.25, 0.3) is 6.08 Å². The van der Waals surface area contributed by atoms with Crippen LogP contribution < -0.4 is 9.47 Å². The van der Waals surface area contributed by atoms with Gasteiger partial charge in [0, 0.05) is 7.05 Å². The van der Waals surface area contributed by atoms with Crippen LogP contribution in [-0.4, -0.2) is 35.4 Å². The molecule has 0 aromatic heterocycles. The lowest BCUT2D eigenvalue weighted by Gasteiger charge is -2.10. The minimum Gasteiger partial charge on any atom is -0.490 e. The summed E-state index contributed by atoms with van der Waals surface area (Å²) in [7, 11) is 1.69. The Balaban J connectivity index is 1.51. The van der Waals surface area contributed by atoms with Gasteiger partial charge in [0.1, 0.15) is 29.0 Å². The SMILES string of the molecule is Cc1ccccc1OCCOc1ccc(/C=C2/SC(=S)N(C)C2=O)cc1. The van der Waals surface area contributed by atoms with Gasteiger partial charge >= 0.3 is 0 Å². The summed E-state index contributed by atoms with van der Waals surface area (Å²) in [6.07, 6.45) is 1.84. The van der Waals surface area contributed by atoms with Crippen LogP contribution in [0, 0.1) is 6.92 Å². The van der Waals surface area contributed by atoms with Gasteiger partial charge in [-0.15, -0.1) is 0 Å². The molecule has 0 unspecified atom stereocenters. The Morgan fingerprint density at radius 3 is 2.42 bits per heavy atom. The summed E-state index contributed by atoms with van der Waals surface area (Å²) < 4.78 is 12.0. The Hall–Kier alpha value is -2.31. The molecule has 1 amide bonds. The van der Waals surface area contributed by atoms with Gasteiger partial charge in [0.05, 0.1) is 4.91 Å². The second-order valence-corrected chi connectivity index (χ2v) is 7.45. The molecule has 0 N–H and O–H groups in total. The second-order valence-electron chi connectivity index (χ2n) is 5.77. The van der Waals surface area contributed by atoms with Gasteiger partial charge in [-0.25, -0.2) is 0 Å².